The lowest BCUT2D eigenvalue weighted by atomic mass is 9.83. The van der Waals surface area contributed by atoms with E-state index in [0.29, 0.717) is 0 Å². The average Bonchev–Trinajstić information content (AvgIpc) is 2.41. The lowest BCUT2D eigenvalue weighted by Crippen LogP contribution is -2.14. The van der Waals surface area contributed by atoms with Crippen molar-refractivity contribution in [3.8, 4) is 0 Å². The van der Waals surface area contributed by atoms with E-state index in [0.717, 1.165) is 35.5 Å². The zero-order chi connectivity index (χ0) is 11.6. The smallest absolute Gasteiger partial charge is 0.0357 e. The summed E-state index contributed by atoms with van der Waals surface area (Å²) in [7, 11) is 0. The van der Waals surface area contributed by atoms with E-state index in [1.165, 1.54) is 19.3 Å². The van der Waals surface area contributed by atoms with Crippen LogP contribution in [0.3, 0.4) is 0 Å². The molecule has 0 bridgehead atoms. The fourth-order valence-corrected chi connectivity index (χ4v) is 3.42. The predicted molar refractivity (Wildman–Crippen MR) is 68.8 cm³/mol. The second-order valence-electron chi connectivity index (χ2n) is 6.19. The minimum absolute atomic E-state index is 0.926. The van der Waals surface area contributed by atoms with Crippen molar-refractivity contribution in [2.75, 3.05) is 0 Å². The van der Waals surface area contributed by atoms with Gasteiger partial charge in [0.15, 0.2) is 0 Å². The molecule has 0 radical (unpaired) electrons. The van der Waals surface area contributed by atoms with Crippen LogP contribution in [-0.2, 0) is 0 Å². The van der Waals surface area contributed by atoms with E-state index in [9.17, 15) is 0 Å². The summed E-state index contributed by atoms with van der Waals surface area (Å²) in [6.45, 7) is 14.6. The van der Waals surface area contributed by atoms with Crippen molar-refractivity contribution in [3.05, 3.63) is 0 Å². The van der Waals surface area contributed by atoms with Crippen molar-refractivity contribution < 1.29 is 0 Å². The SMILES string of the molecule is CCC(C)CCC1C(C)C(C)C(C)C1C. The van der Waals surface area contributed by atoms with Crippen LogP contribution in [0.25, 0.3) is 0 Å². The summed E-state index contributed by atoms with van der Waals surface area (Å²) in [4.78, 5) is 0. The molecule has 1 aliphatic carbocycles. The van der Waals surface area contributed by atoms with Gasteiger partial charge in [0.05, 0.1) is 0 Å². The summed E-state index contributed by atoms with van der Waals surface area (Å²) < 4.78 is 0. The molecule has 5 atom stereocenters. The Morgan fingerprint density at radius 2 is 1.33 bits per heavy atom. The molecule has 1 saturated carbocycles. The molecule has 0 heteroatoms. The molecule has 0 N–H and O–H groups in total. The third kappa shape index (κ3) is 2.77. The Morgan fingerprint density at radius 1 is 0.867 bits per heavy atom. The third-order valence-corrected chi connectivity index (χ3v) is 5.53. The second-order valence-corrected chi connectivity index (χ2v) is 6.19. The van der Waals surface area contributed by atoms with E-state index >= 15 is 0 Å². The quantitative estimate of drug-likeness (QED) is 0.613. The van der Waals surface area contributed by atoms with E-state index in [4.69, 9.17) is 0 Å². The van der Waals surface area contributed by atoms with Crippen LogP contribution in [-0.4, -0.2) is 0 Å². The van der Waals surface area contributed by atoms with Gasteiger partial charge >= 0.3 is 0 Å². The van der Waals surface area contributed by atoms with E-state index in [1.807, 2.05) is 0 Å². The first-order chi connectivity index (χ1) is 6.99. The van der Waals surface area contributed by atoms with Crippen LogP contribution in [0.5, 0.6) is 0 Å². The predicted octanol–water partition coefficient (Wildman–Crippen LogP) is 4.99. The molecule has 5 unspecified atom stereocenters. The minimum atomic E-state index is 0.926. The molecular weight excluding hydrogens is 180 g/mol. The maximum Gasteiger partial charge on any atom is -0.0357 e. The topological polar surface area (TPSA) is 0 Å². The molecule has 0 aromatic carbocycles. The molecule has 0 amide bonds. The lowest BCUT2D eigenvalue weighted by Gasteiger charge is -2.22. The fourth-order valence-electron chi connectivity index (χ4n) is 3.42. The molecule has 1 fully saturated rings. The normalized spacial score (nSPS) is 43.2. The van der Waals surface area contributed by atoms with Crippen LogP contribution in [0.15, 0.2) is 0 Å². The van der Waals surface area contributed by atoms with E-state index in [-0.39, 0.29) is 0 Å². The van der Waals surface area contributed by atoms with Gasteiger partial charge in [-0.3, -0.25) is 0 Å². The molecule has 1 aliphatic rings. The van der Waals surface area contributed by atoms with Crippen LogP contribution < -0.4 is 0 Å². The van der Waals surface area contributed by atoms with E-state index < -0.39 is 0 Å². The number of rotatable bonds is 4. The van der Waals surface area contributed by atoms with E-state index in [2.05, 4.69) is 41.5 Å². The largest absolute Gasteiger partial charge is 0.0651 e. The molecule has 1 rings (SSSR count). The highest BCUT2D eigenvalue weighted by Gasteiger charge is 2.40. The van der Waals surface area contributed by atoms with Crippen molar-refractivity contribution >= 4 is 0 Å². The minimum Gasteiger partial charge on any atom is -0.0651 e. The molecule has 90 valence electrons. The highest BCUT2D eigenvalue weighted by Crippen LogP contribution is 2.47. The Labute approximate surface area is 96.8 Å². The molecule has 0 nitrogen and oxygen atoms in total. The molecular formula is C15H30. The maximum atomic E-state index is 2.48. The van der Waals surface area contributed by atoms with Crippen LogP contribution in [0.4, 0.5) is 0 Å². The van der Waals surface area contributed by atoms with Crippen LogP contribution in [0, 0.1) is 35.5 Å². The Morgan fingerprint density at radius 3 is 1.73 bits per heavy atom. The average molecular weight is 210 g/mol. The zero-order valence-electron chi connectivity index (χ0n) is 11.6. The Balaban J connectivity index is 2.47. The van der Waals surface area contributed by atoms with Gasteiger partial charge in [-0.05, 0) is 41.9 Å². The highest BCUT2D eigenvalue weighted by atomic mass is 14.5. The van der Waals surface area contributed by atoms with E-state index in [1.54, 1.807) is 0 Å². The number of hydrogen-bond acceptors (Lipinski definition) is 0. The van der Waals surface area contributed by atoms with Crippen molar-refractivity contribution in [1.82, 2.24) is 0 Å². The van der Waals surface area contributed by atoms with Gasteiger partial charge in [0.1, 0.15) is 0 Å². The van der Waals surface area contributed by atoms with Crippen LogP contribution in [0.1, 0.15) is 60.8 Å². The maximum absolute atomic E-state index is 2.48. The summed E-state index contributed by atoms with van der Waals surface area (Å²) >= 11 is 0. The third-order valence-electron chi connectivity index (χ3n) is 5.53. The van der Waals surface area contributed by atoms with Crippen LogP contribution >= 0.6 is 0 Å². The highest BCUT2D eigenvalue weighted by molar-refractivity contribution is 4.89. The van der Waals surface area contributed by atoms with Crippen molar-refractivity contribution in [1.29, 1.82) is 0 Å². The van der Waals surface area contributed by atoms with Crippen molar-refractivity contribution in [2.24, 2.45) is 35.5 Å². The molecule has 0 heterocycles. The molecule has 0 saturated heterocycles. The number of hydrogen-bond donors (Lipinski definition) is 0. The second kappa shape index (κ2) is 5.37. The first-order valence-corrected chi connectivity index (χ1v) is 6.99. The summed E-state index contributed by atoms with van der Waals surface area (Å²) in [5, 5.41) is 0. The summed E-state index contributed by atoms with van der Waals surface area (Å²) in [6.07, 6.45) is 4.25. The Bertz CT molecular complexity index is 170. The van der Waals surface area contributed by atoms with Gasteiger partial charge in [0.25, 0.3) is 0 Å². The first-order valence-electron chi connectivity index (χ1n) is 6.99. The monoisotopic (exact) mass is 210 g/mol. The van der Waals surface area contributed by atoms with Gasteiger partial charge in [-0.1, -0.05) is 54.4 Å². The van der Waals surface area contributed by atoms with Gasteiger partial charge in [-0.2, -0.15) is 0 Å². The van der Waals surface area contributed by atoms with Crippen molar-refractivity contribution in [3.63, 3.8) is 0 Å². The van der Waals surface area contributed by atoms with Gasteiger partial charge in [-0.15, -0.1) is 0 Å². The molecule has 0 spiro atoms. The summed E-state index contributed by atoms with van der Waals surface area (Å²) in [5.41, 5.74) is 0. The summed E-state index contributed by atoms with van der Waals surface area (Å²) in [6, 6.07) is 0. The zero-order valence-corrected chi connectivity index (χ0v) is 11.6. The van der Waals surface area contributed by atoms with Gasteiger partial charge in [-0.25, -0.2) is 0 Å². The molecule has 0 aromatic rings. The Kier molecular flexibility index (Phi) is 4.67. The molecule has 0 aromatic heterocycles. The Hall–Kier alpha value is 0. The van der Waals surface area contributed by atoms with Gasteiger partial charge < -0.3 is 0 Å². The fraction of sp³-hybridized carbons (Fsp3) is 1.00. The molecule has 15 heavy (non-hydrogen) atoms. The van der Waals surface area contributed by atoms with Crippen LogP contribution in [0.2, 0.25) is 0 Å². The standard InChI is InChI=1S/C15H30/c1-7-10(2)8-9-15-13(5)11(3)12(4)14(15)6/h10-15H,7-9H2,1-6H3. The van der Waals surface area contributed by atoms with Gasteiger partial charge in [0, 0.05) is 0 Å². The lowest BCUT2D eigenvalue weighted by molar-refractivity contribution is 0.275. The first kappa shape index (κ1) is 13.1. The summed E-state index contributed by atoms with van der Waals surface area (Å²) in [5.74, 6) is 5.67. The van der Waals surface area contributed by atoms with Gasteiger partial charge in [0.2, 0.25) is 0 Å². The molecule has 0 aliphatic heterocycles. The van der Waals surface area contributed by atoms with Crippen molar-refractivity contribution in [2.45, 2.75) is 60.8 Å².